The zero-order chi connectivity index (χ0) is 16.9. The van der Waals surface area contributed by atoms with Crippen LogP contribution < -0.4 is 0 Å². The van der Waals surface area contributed by atoms with Gasteiger partial charge in [0.15, 0.2) is 0 Å². The molecule has 0 aliphatic rings. The zero-order valence-corrected chi connectivity index (χ0v) is 14.5. The molecule has 1 aromatic heterocycles. The van der Waals surface area contributed by atoms with Gasteiger partial charge in [0.05, 0.1) is 5.71 Å². The smallest absolute Gasteiger partial charge is 0.132 e. The molecule has 1 heterocycles. The molecular formula is C17H18Cl2N2O2. The Morgan fingerprint density at radius 2 is 2.13 bits per heavy atom. The number of nitrogens with zero attached hydrogens (tertiary/aromatic N) is 2. The fourth-order valence-electron chi connectivity index (χ4n) is 2.39. The number of aromatic nitrogens is 1. The van der Waals surface area contributed by atoms with E-state index >= 15 is 0 Å². The Bertz CT molecular complexity index is 692. The predicted molar refractivity (Wildman–Crippen MR) is 93.0 cm³/mol. The first-order chi connectivity index (χ1) is 11.0. The first-order valence-electron chi connectivity index (χ1n) is 7.12. The average molecular weight is 353 g/mol. The molecule has 0 amide bonds. The second kappa shape index (κ2) is 7.77. The molecule has 2 rings (SSSR count). The van der Waals surface area contributed by atoms with E-state index in [0.29, 0.717) is 34.2 Å². The summed E-state index contributed by atoms with van der Waals surface area (Å²) in [7, 11) is 1.45. The molecule has 0 spiro atoms. The third-order valence-corrected chi connectivity index (χ3v) is 4.32. The van der Waals surface area contributed by atoms with Crippen LogP contribution in [-0.2, 0) is 16.9 Å². The third kappa shape index (κ3) is 4.22. The van der Waals surface area contributed by atoms with Crippen LogP contribution in [0.1, 0.15) is 24.5 Å². The van der Waals surface area contributed by atoms with Crippen LogP contribution in [0.15, 0.2) is 47.9 Å². The van der Waals surface area contributed by atoms with Gasteiger partial charge in [-0.15, -0.1) is 0 Å². The molecule has 6 heteroatoms. The van der Waals surface area contributed by atoms with Crippen molar-refractivity contribution in [2.45, 2.75) is 25.4 Å². The van der Waals surface area contributed by atoms with Crippen LogP contribution in [0.25, 0.3) is 0 Å². The maximum atomic E-state index is 11.2. The van der Waals surface area contributed by atoms with Crippen LogP contribution in [0, 0.1) is 0 Å². The van der Waals surface area contributed by atoms with Gasteiger partial charge in [-0.3, -0.25) is 4.98 Å². The highest BCUT2D eigenvalue weighted by atomic mass is 35.5. The fraction of sp³-hybridized carbons (Fsp3) is 0.294. The summed E-state index contributed by atoms with van der Waals surface area (Å²) < 4.78 is 0. The van der Waals surface area contributed by atoms with E-state index in [9.17, 15) is 5.11 Å². The third-order valence-electron chi connectivity index (χ3n) is 3.74. The Labute approximate surface area is 145 Å². The van der Waals surface area contributed by atoms with Crippen molar-refractivity contribution in [1.29, 1.82) is 0 Å². The topological polar surface area (TPSA) is 54.7 Å². The van der Waals surface area contributed by atoms with Gasteiger partial charge in [-0.25, -0.2) is 0 Å². The fourth-order valence-corrected chi connectivity index (χ4v) is 2.90. The molecule has 0 fully saturated rings. The highest BCUT2D eigenvalue weighted by Crippen LogP contribution is 2.30. The number of hydrogen-bond donors (Lipinski definition) is 1. The Morgan fingerprint density at radius 3 is 2.74 bits per heavy atom. The van der Waals surface area contributed by atoms with E-state index in [1.165, 1.54) is 7.11 Å². The lowest BCUT2D eigenvalue weighted by molar-refractivity contribution is 0.0923. The normalized spacial score (nSPS) is 14.4. The van der Waals surface area contributed by atoms with E-state index < -0.39 is 5.60 Å². The van der Waals surface area contributed by atoms with E-state index in [2.05, 4.69) is 10.1 Å². The van der Waals surface area contributed by atoms with Crippen LogP contribution in [0.5, 0.6) is 0 Å². The molecule has 4 nitrogen and oxygen atoms in total. The Kier molecular flexibility index (Phi) is 5.99. The lowest BCUT2D eigenvalue weighted by atomic mass is 9.85. The molecule has 23 heavy (non-hydrogen) atoms. The van der Waals surface area contributed by atoms with Gasteiger partial charge in [-0.05, 0) is 43.5 Å². The maximum Gasteiger partial charge on any atom is 0.132 e. The van der Waals surface area contributed by atoms with E-state index in [4.69, 9.17) is 28.0 Å². The Morgan fingerprint density at radius 1 is 1.35 bits per heavy atom. The second-order valence-electron chi connectivity index (χ2n) is 5.20. The minimum absolute atomic E-state index is 0.388. The van der Waals surface area contributed by atoms with Crippen molar-refractivity contribution in [1.82, 2.24) is 4.98 Å². The number of pyridine rings is 1. The number of aliphatic hydroxyl groups is 1. The molecule has 2 aromatic rings. The molecule has 1 N–H and O–H groups in total. The summed E-state index contributed by atoms with van der Waals surface area (Å²) in [5, 5.41) is 16.2. The van der Waals surface area contributed by atoms with Crippen molar-refractivity contribution in [2.24, 2.45) is 5.16 Å². The van der Waals surface area contributed by atoms with Crippen molar-refractivity contribution >= 4 is 28.9 Å². The summed E-state index contributed by atoms with van der Waals surface area (Å²) in [6.07, 6.45) is 4.22. The number of oxime groups is 1. The first-order valence-corrected chi connectivity index (χ1v) is 7.88. The van der Waals surface area contributed by atoms with E-state index in [1.54, 1.807) is 37.5 Å². The summed E-state index contributed by atoms with van der Waals surface area (Å²) in [5.41, 5.74) is 0.734. The summed E-state index contributed by atoms with van der Waals surface area (Å²) in [4.78, 5) is 8.90. The first kappa shape index (κ1) is 17.7. The van der Waals surface area contributed by atoms with Gasteiger partial charge in [0, 0.05) is 28.0 Å². The number of rotatable bonds is 6. The monoisotopic (exact) mass is 352 g/mol. The minimum Gasteiger partial charge on any atom is -0.399 e. The summed E-state index contributed by atoms with van der Waals surface area (Å²) in [6, 6.07) is 8.91. The Hall–Kier alpha value is -1.62. The number of aryl methyl sites for hydroxylation is 1. The van der Waals surface area contributed by atoms with E-state index in [0.717, 1.165) is 5.56 Å². The van der Waals surface area contributed by atoms with Crippen molar-refractivity contribution < 1.29 is 9.94 Å². The molecule has 0 saturated heterocycles. The lowest BCUT2D eigenvalue weighted by Gasteiger charge is -2.28. The predicted octanol–water partition coefficient (Wildman–Crippen LogP) is 4.23. The van der Waals surface area contributed by atoms with Gasteiger partial charge in [-0.2, -0.15) is 0 Å². The van der Waals surface area contributed by atoms with Crippen LogP contribution in [0.3, 0.4) is 0 Å². The molecule has 0 radical (unpaired) electrons. The molecule has 1 atom stereocenters. The second-order valence-corrected chi connectivity index (χ2v) is 6.04. The van der Waals surface area contributed by atoms with Crippen LogP contribution in [-0.4, -0.2) is 22.9 Å². The van der Waals surface area contributed by atoms with Gasteiger partial charge >= 0.3 is 0 Å². The van der Waals surface area contributed by atoms with Crippen molar-refractivity contribution in [3.8, 4) is 0 Å². The van der Waals surface area contributed by atoms with E-state index in [-0.39, 0.29) is 0 Å². The van der Waals surface area contributed by atoms with Crippen LogP contribution >= 0.6 is 23.2 Å². The van der Waals surface area contributed by atoms with Gasteiger partial charge < -0.3 is 9.94 Å². The number of benzene rings is 1. The van der Waals surface area contributed by atoms with Gasteiger partial charge in [-0.1, -0.05) is 40.5 Å². The molecule has 122 valence electrons. The molecule has 1 aromatic carbocycles. The minimum atomic E-state index is -1.28. The maximum absolute atomic E-state index is 11.2. The number of hydrogen-bond acceptors (Lipinski definition) is 4. The quantitative estimate of drug-likeness (QED) is 0.625. The van der Waals surface area contributed by atoms with Crippen LogP contribution in [0.2, 0.25) is 10.0 Å². The summed E-state index contributed by atoms with van der Waals surface area (Å²) in [5.74, 6) is 0. The van der Waals surface area contributed by atoms with Gasteiger partial charge in [0.25, 0.3) is 0 Å². The SMILES string of the molecule is CO/N=C(\C)C(O)(CCc1ccc(Cl)cc1Cl)c1cccnc1. The molecule has 0 bridgehead atoms. The summed E-state index contributed by atoms with van der Waals surface area (Å²) in [6.45, 7) is 1.72. The highest BCUT2D eigenvalue weighted by molar-refractivity contribution is 6.35. The van der Waals surface area contributed by atoms with Gasteiger partial charge in [0.2, 0.25) is 0 Å². The van der Waals surface area contributed by atoms with Gasteiger partial charge in [0.1, 0.15) is 12.7 Å². The van der Waals surface area contributed by atoms with Crippen molar-refractivity contribution in [3.05, 3.63) is 63.9 Å². The zero-order valence-electron chi connectivity index (χ0n) is 13.0. The average Bonchev–Trinajstić information content (AvgIpc) is 2.54. The largest absolute Gasteiger partial charge is 0.399 e. The molecule has 0 aliphatic heterocycles. The molecule has 1 unspecified atom stereocenters. The summed E-state index contributed by atoms with van der Waals surface area (Å²) >= 11 is 12.1. The Balaban J connectivity index is 2.30. The van der Waals surface area contributed by atoms with Crippen molar-refractivity contribution in [3.63, 3.8) is 0 Å². The number of halogens is 2. The van der Waals surface area contributed by atoms with Crippen LogP contribution in [0.4, 0.5) is 0 Å². The molecule has 0 aliphatic carbocycles. The lowest BCUT2D eigenvalue weighted by Crippen LogP contribution is -2.35. The molecule has 0 saturated carbocycles. The molecular weight excluding hydrogens is 335 g/mol. The van der Waals surface area contributed by atoms with Crippen molar-refractivity contribution in [2.75, 3.05) is 7.11 Å². The van der Waals surface area contributed by atoms with E-state index in [1.807, 2.05) is 12.1 Å². The standard InChI is InChI=1S/C17H18Cl2N2O2/c1-12(21-23-2)17(22,14-4-3-9-20-11-14)8-7-13-5-6-15(18)10-16(13)19/h3-6,9-11,22H,7-8H2,1-2H3/b21-12+. The highest BCUT2D eigenvalue weighted by Gasteiger charge is 2.33.